The van der Waals surface area contributed by atoms with Gasteiger partial charge in [-0.15, -0.1) is 11.3 Å². The molecule has 0 aliphatic carbocycles. The van der Waals surface area contributed by atoms with Gasteiger partial charge in [0, 0.05) is 20.8 Å². The molecule has 1 aromatic carbocycles. The second-order valence-corrected chi connectivity index (χ2v) is 5.88. The lowest BCUT2D eigenvalue weighted by molar-refractivity contribution is 0.354. The van der Waals surface area contributed by atoms with Gasteiger partial charge < -0.3 is 15.2 Å². The molecule has 0 saturated carbocycles. The predicted molar refractivity (Wildman–Crippen MR) is 79.6 cm³/mol. The summed E-state index contributed by atoms with van der Waals surface area (Å²) in [5, 5.41) is 0.580. The maximum Gasteiger partial charge on any atom is 0.162 e. The Morgan fingerprint density at radius 2 is 1.79 bits per heavy atom. The van der Waals surface area contributed by atoms with Crippen LogP contribution in [0.25, 0.3) is 0 Å². The van der Waals surface area contributed by atoms with E-state index in [1.807, 2.05) is 12.1 Å². The Bertz CT molecular complexity index is 583. The Hall–Kier alpha value is -1.23. The van der Waals surface area contributed by atoms with E-state index in [0.29, 0.717) is 16.5 Å². The van der Waals surface area contributed by atoms with E-state index in [2.05, 4.69) is 13.0 Å². The summed E-state index contributed by atoms with van der Waals surface area (Å²) in [7, 11) is 3.17. The van der Waals surface area contributed by atoms with Gasteiger partial charge in [0.1, 0.15) is 0 Å². The highest BCUT2D eigenvalue weighted by Crippen LogP contribution is 2.38. The van der Waals surface area contributed by atoms with Gasteiger partial charge in [-0.25, -0.2) is 0 Å². The number of nitrogens with two attached hydrogens (primary N) is 1. The van der Waals surface area contributed by atoms with E-state index < -0.39 is 0 Å². The normalized spacial score (nSPS) is 12.3. The molecule has 0 radical (unpaired) electrons. The van der Waals surface area contributed by atoms with Crippen molar-refractivity contribution >= 4 is 22.9 Å². The summed E-state index contributed by atoms with van der Waals surface area (Å²) in [6, 6.07) is 7.38. The van der Waals surface area contributed by atoms with Gasteiger partial charge in [0.15, 0.2) is 11.5 Å². The van der Waals surface area contributed by atoms with Gasteiger partial charge in [-0.2, -0.15) is 0 Å². The molecule has 2 aromatic rings. The summed E-state index contributed by atoms with van der Waals surface area (Å²) in [5.41, 5.74) is 7.11. The lowest BCUT2D eigenvalue weighted by Crippen LogP contribution is -2.11. The molecule has 2 N–H and O–H groups in total. The van der Waals surface area contributed by atoms with Crippen LogP contribution in [0.15, 0.2) is 24.3 Å². The van der Waals surface area contributed by atoms with Crippen LogP contribution in [0.5, 0.6) is 11.5 Å². The summed E-state index contributed by atoms with van der Waals surface area (Å²) < 4.78 is 10.5. The first kappa shape index (κ1) is 14.2. The van der Waals surface area contributed by atoms with Crippen LogP contribution in [-0.4, -0.2) is 14.2 Å². The van der Waals surface area contributed by atoms with Crippen LogP contribution in [0, 0.1) is 6.92 Å². The Morgan fingerprint density at radius 3 is 2.32 bits per heavy atom. The van der Waals surface area contributed by atoms with Crippen molar-refractivity contribution in [3.8, 4) is 11.5 Å². The zero-order valence-electron chi connectivity index (χ0n) is 11.1. The molecular weight excluding hydrogens is 282 g/mol. The lowest BCUT2D eigenvalue weighted by atomic mass is 10.1. The fourth-order valence-corrected chi connectivity index (χ4v) is 3.05. The maximum absolute atomic E-state index is 6.28. The third-order valence-electron chi connectivity index (χ3n) is 2.91. The molecule has 1 aromatic heterocycles. The van der Waals surface area contributed by atoms with Crippen molar-refractivity contribution in [2.75, 3.05) is 14.2 Å². The molecule has 1 unspecified atom stereocenters. The highest BCUT2D eigenvalue weighted by Gasteiger charge is 2.18. The van der Waals surface area contributed by atoms with Crippen molar-refractivity contribution in [3.63, 3.8) is 0 Å². The maximum atomic E-state index is 6.28. The molecule has 0 bridgehead atoms. The fraction of sp³-hybridized carbons (Fsp3) is 0.286. The standard InChI is InChI=1S/C14H16ClNO2S/c1-8-4-5-13(19-8)14(16)9-6-11(17-2)12(18-3)7-10(9)15/h4-7,14H,16H2,1-3H3. The molecule has 0 aliphatic rings. The van der Waals surface area contributed by atoms with Crippen molar-refractivity contribution < 1.29 is 9.47 Å². The molecule has 0 amide bonds. The largest absolute Gasteiger partial charge is 0.493 e. The van der Waals surface area contributed by atoms with Gasteiger partial charge in [-0.1, -0.05) is 11.6 Å². The Balaban J connectivity index is 2.44. The Kier molecular flexibility index (Phi) is 4.34. The first-order valence-electron chi connectivity index (χ1n) is 5.80. The smallest absolute Gasteiger partial charge is 0.162 e. The monoisotopic (exact) mass is 297 g/mol. The lowest BCUT2D eigenvalue weighted by Gasteiger charge is -2.16. The Labute approximate surface area is 121 Å². The average molecular weight is 298 g/mol. The minimum absolute atomic E-state index is 0.258. The van der Waals surface area contributed by atoms with E-state index in [1.54, 1.807) is 31.6 Å². The Morgan fingerprint density at radius 1 is 1.16 bits per heavy atom. The number of thiophene rings is 1. The van der Waals surface area contributed by atoms with Crippen molar-refractivity contribution in [2.45, 2.75) is 13.0 Å². The second kappa shape index (κ2) is 5.82. The number of halogens is 1. The summed E-state index contributed by atoms with van der Waals surface area (Å²) in [6.45, 7) is 2.05. The molecule has 0 spiro atoms. The highest BCUT2D eigenvalue weighted by atomic mass is 35.5. The van der Waals surface area contributed by atoms with E-state index in [4.69, 9.17) is 26.8 Å². The zero-order chi connectivity index (χ0) is 14.0. The average Bonchev–Trinajstić information content (AvgIpc) is 2.84. The summed E-state index contributed by atoms with van der Waals surface area (Å²) >= 11 is 7.94. The van der Waals surface area contributed by atoms with Crippen LogP contribution in [0.3, 0.4) is 0 Å². The van der Waals surface area contributed by atoms with Crippen LogP contribution in [0.4, 0.5) is 0 Å². The van der Waals surface area contributed by atoms with Gasteiger partial charge in [-0.05, 0) is 30.7 Å². The molecular formula is C14H16ClNO2S. The third kappa shape index (κ3) is 2.86. The predicted octanol–water partition coefficient (Wildman–Crippen LogP) is 3.78. The van der Waals surface area contributed by atoms with Crippen LogP contribution in [0.1, 0.15) is 21.4 Å². The first-order chi connectivity index (χ1) is 9.06. The number of hydrogen-bond acceptors (Lipinski definition) is 4. The van der Waals surface area contributed by atoms with Crippen molar-refractivity contribution in [1.29, 1.82) is 0 Å². The minimum atomic E-state index is -0.258. The molecule has 2 rings (SSSR count). The van der Waals surface area contributed by atoms with Gasteiger partial charge in [0.25, 0.3) is 0 Å². The molecule has 1 heterocycles. The molecule has 0 aliphatic heterocycles. The van der Waals surface area contributed by atoms with Crippen molar-refractivity contribution in [2.24, 2.45) is 5.73 Å². The molecule has 0 saturated heterocycles. The fourth-order valence-electron chi connectivity index (χ4n) is 1.88. The highest BCUT2D eigenvalue weighted by molar-refractivity contribution is 7.12. The molecule has 19 heavy (non-hydrogen) atoms. The van der Waals surface area contributed by atoms with Gasteiger partial charge in [0.2, 0.25) is 0 Å². The van der Waals surface area contributed by atoms with Gasteiger partial charge >= 0.3 is 0 Å². The van der Waals surface area contributed by atoms with E-state index in [-0.39, 0.29) is 6.04 Å². The number of methoxy groups -OCH3 is 2. The number of rotatable bonds is 4. The summed E-state index contributed by atoms with van der Waals surface area (Å²) in [5.74, 6) is 1.23. The number of hydrogen-bond donors (Lipinski definition) is 1. The topological polar surface area (TPSA) is 44.5 Å². The van der Waals surface area contributed by atoms with Crippen LogP contribution in [0.2, 0.25) is 5.02 Å². The molecule has 0 fully saturated rings. The molecule has 102 valence electrons. The quantitative estimate of drug-likeness (QED) is 0.934. The summed E-state index contributed by atoms with van der Waals surface area (Å²) in [4.78, 5) is 2.30. The van der Waals surface area contributed by atoms with Gasteiger partial charge in [-0.3, -0.25) is 0 Å². The van der Waals surface area contributed by atoms with E-state index in [9.17, 15) is 0 Å². The number of benzene rings is 1. The van der Waals surface area contributed by atoms with Crippen LogP contribution in [-0.2, 0) is 0 Å². The third-order valence-corrected chi connectivity index (χ3v) is 4.32. The number of ether oxygens (including phenoxy) is 2. The second-order valence-electron chi connectivity index (χ2n) is 4.15. The minimum Gasteiger partial charge on any atom is -0.493 e. The number of aryl methyl sites for hydroxylation is 1. The van der Waals surface area contributed by atoms with Crippen molar-refractivity contribution in [1.82, 2.24) is 0 Å². The van der Waals surface area contributed by atoms with Crippen LogP contribution < -0.4 is 15.2 Å². The summed E-state index contributed by atoms with van der Waals surface area (Å²) in [6.07, 6.45) is 0. The van der Waals surface area contributed by atoms with Gasteiger partial charge in [0.05, 0.1) is 20.3 Å². The molecule has 5 heteroatoms. The van der Waals surface area contributed by atoms with Crippen LogP contribution >= 0.6 is 22.9 Å². The first-order valence-corrected chi connectivity index (χ1v) is 6.99. The molecule has 3 nitrogen and oxygen atoms in total. The van der Waals surface area contributed by atoms with E-state index >= 15 is 0 Å². The van der Waals surface area contributed by atoms with Crippen molar-refractivity contribution in [3.05, 3.63) is 44.6 Å². The van der Waals surface area contributed by atoms with E-state index in [1.165, 1.54) is 4.88 Å². The van der Waals surface area contributed by atoms with E-state index in [0.717, 1.165) is 10.4 Å². The zero-order valence-corrected chi connectivity index (χ0v) is 12.6. The SMILES string of the molecule is COc1cc(Cl)c(C(N)c2ccc(C)s2)cc1OC. The molecule has 1 atom stereocenters.